The number of amides is 1. The molecule has 1 fully saturated rings. The number of benzene rings is 1. The molecule has 146 valence electrons. The monoisotopic (exact) mass is 388 g/mol. The highest BCUT2D eigenvalue weighted by Crippen LogP contribution is 2.29. The number of hydrogen-bond acceptors (Lipinski definition) is 6. The van der Waals surface area contributed by atoms with Gasteiger partial charge >= 0.3 is 0 Å². The average molecular weight is 389 g/mol. The number of thioether (sulfide) groups is 1. The van der Waals surface area contributed by atoms with Crippen LogP contribution in [0.2, 0.25) is 0 Å². The van der Waals surface area contributed by atoms with Gasteiger partial charge in [0.1, 0.15) is 0 Å². The van der Waals surface area contributed by atoms with Crippen molar-refractivity contribution in [2.45, 2.75) is 43.6 Å². The summed E-state index contributed by atoms with van der Waals surface area (Å²) in [5, 5.41) is 8.44. The summed E-state index contributed by atoms with van der Waals surface area (Å²) in [6.07, 6.45) is 0. The normalized spacial score (nSPS) is 17.1. The summed E-state index contributed by atoms with van der Waals surface area (Å²) in [4.78, 5) is 16.8. The molecule has 1 amide bonds. The van der Waals surface area contributed by atoms with E-state index in [0.29, 0.717) is 11.1 Å². The fraction of sp³-hybridized carbons (Fsp3) is 0.550. The van der Waals surface area contributed by atoms with Gasteiger partial charge in [0, 0.05) is 31.7 Å². The van der Waals surface area contributed by atoms with Crippen LogP contribution in [0, 0.1) is 0 Å². The van der Waals surface area contributed by atoms with Gasteiger partial charge in [-0.25, -0.2) is 0 Å². The highest BCUT2D eigenvalue weighted by molar-refractivity contribution is 8.00. The van der Waals surface area contributed by atoms with Crippen molar-refractivity contribution in [3.63, 3.8) is 0 Å². The number of piperazine rings is 1. The lowest BCUT2D eigenvalue weighted by molar-refractivity contribution is -0.131. The van der Waals surface area contributed by atoms with E-state index in [-0.39, 0.29) is 16.6 Å². The predicted octanol–water partition coefficient (Wildman–Crippen LogP) is 3.29. The van der Waals surface area contributed by atoms with Crippen LogP contribution in [0.1, 0.15) is 33.3 Å². The molecule has 3 rings (SSSR count). The summed E-state index contributed by atoms with van der Waals surface area (Å²) < 4.78 is 5.78. The highest BCUT2D eigenvalue weighted by Gasteiger charge is 2.26. The maximum absolute atomic E-state index is 12.6. The van der Waals surface area contributed by atoms with Crippen molar-refractivity contribution in [3.8, 4) is 11.5 Å². The van der Waals surface area contributed by atoms with E-state index in [1.54, 1.807) is 0 Å². The molecule has 2 aromatic rings. The van der Waals surface area contributed by atoms with Gasteiger partial charge in [0.15, 0.2) is 0 Å². The first-order valence-corrected chi connectivity index (χ1v) is 10.2. The van der Waals surface area contributed by atoms with E-state index in [9.17, 15) is 4.79 Å². The number of nitrogens with zero attached hydrogens (tertiary/aromatic N) is 4. The molecule has 1 aliphatic heterocycles. The van der Waals surface area contributed by atoms with Gasteiger partial charge in [-0.05, 0) is 37.1 Å². The molecule has 6 nitrogen and oxygen atoms in total. The number of carbonyl (C=O) groups excluding carboxylic acids is 1. The van der Waals surface area contributed by atoms with Gasteiger partial charge in [-0.15, -0.1) is 10.2 Å². The van der Waals surface area contributed by atoms with Gasteiger partial charge in [0.25, 0.3) is 5.22 Å². The second kappa shape index (κ2) is 8.02. The lowest BCUT2D eigenvalue weighted by atomic mass is 9.87. The van der Waals surface area contributed by atoms with E-state index >= 15 is 0 Å². The molecule has 1 aromatic carbocycles. The number of carbonyl (C=O) groups is 1. The first kappa shape index (κ1) is 19.9. The van der Waals surface area contributed by atoms with E-state index in [2.05, 4.69) is 55.0 Å². The summed E-state index contributed by atoms with van der Waals surface area (Å²) in [7, 11) is 2.08. The van der Waals surface area contributed by atoms with Crippen molar-refractivity contribution in [2.24, 2.45) is 0 Å². The van der Waals surface area contributed by atoms with Crippen LogP contribution < -0.4 is 0 Å². The Bertz CT molecular complexity index is 774. The second-order valence-electron chi connectivity index (χ2n) is 8.09. The molecule has 0 N–H and O–H groups in total. The largest absolute Gasteiger partial charge is 0.411 e. The molecule has 0 spiro atoms. The van der Waals surface area contributed by atoms with Crippen LogP contribution in [0.5, 0.6) is 0 Å². The summed E-state index contributed by atoms with van der Waals surface area (Å²) in [6.45, 7) is 11.8. The van der Waals surface area contributed by atoms with Crippen molar-refractivity contribution < 1.29 is 9.21 Å². The fourth-order valence-electron chi connectivity index (χ4n) is 2.97. The molecule has 1 saturated heterocycles. The highest BCUT2D eigenvalue weighted by atomic mass is 32.2. The Morgan fingerprint density at radius 2 is 1.74 bits per heavy atom. The molecule has 1 aromatic heterocycles. The van der Waals surface area contributed by atoms with Crippen molar-refractivity contribution in [1.82, 2.24) is 20.0 Å². The Morgan fingerprint density at radius 1 is 1.11 bits per heavy atom. The lowest BCUT2D eigenvalue weighted by Crippen LogP contribution is -2.49. The summed E-state index contributed by atoms with van der Waals surface area (Å²) in [6, 6.07) is 8.18. The van der Waals surface area contributed by atoms with E-state index in [1.165, 1.54) is 17.3 Å². The number of rotatable bonds is 4. The molecule has 1 atom stereocenters. The lowest BCUT2D eigenvalue weighted by Gasteiger charge is -2.33. The zero-order valence-electron chi connectivity index (χ0n) is 16.7. The predicted molar refractivity (Wildman–Crippen MR) is 108 cm³/mol. The molecule has 0 radical (unpaired) electrons. The topological polar surface area (TPSA) is 62.5 Å². The summed E-state index contributed by atoms with van der Waals surface area (Å²) in [5.74, 6) is 0.611. The van der Waals surface area contributed by atoms with Gasteiger partial charge in [-0.1, -0.05) is 44.7 Å². The van der Waals surface area contributed by atoms with Crippen LogP contribution >= 0.6 is 11.8 Å². The maximum Gasteiger partial charge on any atom is 0.277 e. The van der Waals surface area contributed by atoms with Gasteiger partial charge < -0.3 is 14.2 Å². The van der Waals surface area contributed by atoms with Crippen LogP contribution in [0.15, 0.2) is 33.9 Å². The number of aromatic nitrogens is 2. The van der Waals surface area contributed by atoms with Crippen LogP contribution in [0.3, 0.4) is 0 Å². The molecule has 0 aliphatic carbocycles. The molecular formula is C20H28N4O2S. The van der Waals surface area contributed by atoms with Gasteiger partial charge in [-0.3, -0.25) is 4.79 Å². The Morgan fingerprint density at radius 3 is 2.33 bits per heavy atom. The third-order valence-electron chi connectivity index (χ3n) is 4.84. The SMILES string of the molecule is C[C@H](Sc1nnc(-c2ccc(C(C)(C)C)cc2)o1)C(=O)N1CCN(C)CC1. The van der Waals surface area contributed by atoms with E-state index in [0.717, 1.165) is 31.7 Å². The molecule has 7 heteroatoms. The second-order valence-corrected chi connectivity index (χ2v) is 9.38. The third-order valence-corrected chi connectivity index (χ3v) is 5.77. The third kappa shape index (κ3) is 4.90. The summed E-state index contributed by atoms with van der Waals surface area (Å²) in [5.41, 5.74) is 2.25. The zero-order valence-corrected chi connectivity index (χ0v) is 17.5. The Hall–Kier alpha value is -1.86. The van der Waals surface area contributed by atoms with Gasteiger partial charge in [-0.2, -0.15) is 0 Å². The van der Waals surface area contributed by atoms with Crippen LogP contribution in [-0.2, 0) is 10.2 Å². The minimum atomic E-state index is -0.245. The first-order valence-electron chi connectivity index (χ1n) is 9.32. The minimum Gasteiger partial charge on any atom is -0.411 e. The van der Waals surface area contributed by atoms with Crippen molar-refractivity contribution in [3.05, 3.63) is 29.8 Å². The molecule has 27 heavy (non-hydrogen) atoms. The van der Waals surface area contributed by atoms with Crippen molar-refractivity contribution in [1.29, 1.82) is 0 Å². The molecule has 0 unspecified atom stereocenters. The molecule has 0 saturated carbocycles. The average Bonchev–Trinajstić information content (AvgIpc) is 3.09. The number of hydrogen-bond donors (Lipinski definition) is 0. The van der Waals surface area contributed by atoms with Gasteiger partial charge in [0.2, 0.25) is 11.8 Å². The summed E-state index contributed by atoms with van der Waals surface area (Å²) >= 11 is 1.32. The van der Waals surface area contributed by atoms with E-state index in [1.807, 2.05) is 24.0 Å². The molecule has 2 heterocycles. The van der Waals surface area contributed by atoms with Gasteiger partial charge in [0.05, 0.1) is 5.25 Å². The zero-order chi connectivity index (χ0) is 19.6. The minimum absolute atomic E-state index is 0.105. The molecule has 0 bridgehead atoms. The van der Waals surface area contributed by atoms with Crippen LogP contribution in [0.4, 0.5) is 0 Å². The quantitative estimate of drug-likeness (QED) is 0.749. The Balaban J connectivity index is 1.63. The Kier molecular flexibility index (Phi) is 5.91. The molecular weight excluding hydrogens is 360 g/mol. The van der Waals surface area contributed by atoms with Crippen molar-refractivity contribution in [2.75, 3.05) is 33.2 Å². The standard InChI is InChI=1S/C20H28N4O2S/c1-14(18(25)24-12-10-23(5)11-13-24)27-19-22-21-17(26-19)15-6-8-16(9-7-15)20(2,3)4/h6-9,14H,10-13H2,1-5H3/t14-/m0/s1. The molecule has 1 aliphatic rings. The smallest absolute Gasteiger partial charge is 0.277 e. The van der Waals surface area contributed by atoms with Crippen LogP contribution in [0.25, 0.3) is 11.5 Å². The maximum atomic E-state index is 12.6. The van der Waals surface area contributed by atoms with Crippen molar-refractivity contribution >= 4 is 17.7 Å². The first-order chi connectivity index (χ1) is 12.7. The Labute approximate surface area is 165 Å². The van der Waals surface area contributed by atoms with E-state index in [4.69, 9.17) is 4.42 Å². The van der Waals surface area contributed by atoms with E-state index < -0.39 is 0 Å². The number of likely N-dealkylation sites (N-methyl/N-ethyl adjacent to an activating group) is 1. The van der Waals surface area contributed by atoms with Crippen LogP contribution in [-0.4, -0.2) is 64.4 Å². The fourth-order valence-corrected chi connectivity index (χ4v) is 3.74.